The maximum Gasteiger partial charge on any atom is 0.305 e. The molecule has 162 valence electrons. The van der Waals surface area contributed by atoms with Gasteiger partial charge in [-0.2, -0.15) is 0 Å². The Kier molecular flexibility index (Phi) is 7.13. The molecule has 1 fully saturated rings. The van der Waals surface area contributed by atoms with E-state index in [1.165, 1.54) is 21.0 Å². The highest BCUT2D eigenvalue weighted by Crippen LogP contribution is 2.52. The smallest absolute Gasteiger partial charge is 0.305 e. The van der Waals surface area contributed by atoms with Crippen LogP contribution < -0.4 is 4.74 Å². The fraction of sp³-hybridized carbons (Fsp3) is 0.522. The number of benzene rings is 1. The molecule has 1 aromatic rings. The van der Waals surface area contributed by atoms with Gasteiger partial charge in [0.25, 0.3) is 0 Å². The first-order valence-corrected chi connectivity index (χ1v) is 10.2. The summed E-state index contributed by atoms with van der Waals surface area (Å²) < 4.78 is 21.6. The van der Waals surface area contributed by atoms with E-state index in [4.69, 9.17) is 18.9 Å². The molecule has 1 heterocycles. The molecule has 1 aliphatic heterocycles. The van der Waals surface area contributed by atoms with Gasteiger partial charge in [0.05, 0.1) is 7.11 Å². The Morgan fingerprint density at radius 3 is 2.70 bits per heavy atom. The minimum Gasteiger partial charge on any atom is -0.489 e. The lowest BCUT2D eigenvalue weighted by Crippen LogP contribution is -2.22. The van der Waals surface area contributed by atoms with Crippen LogP contribution in [0.1, 0.15) is 50.2 Å². The van der Waals surface area contributed by atoms with Crippen molar-refractivity contribution in [1.29, 1.82) is 0 Å². The van der Waals surface area contributed by atoms with E-state index in [0.717, 1.165) is 23.3 Å². The molecule has 0 radical (unpaired) electrons. The average Bonchev–Trinajstić information content (AvgIpc) is 3.21. The second-order valence-corrected chi connectivity index (χ2v) is 7.64. The molecule has 1 aliphatic carbocycles. The molecule has 4 atom stereocenters. The number of carbonyl (C=O) groups excluding carboxylic acids is 3. The summed E-state index contributed by atoms with van der Waals surface area (Å²) in [4.78, 5) is 34.0. The zero-order chi connectivity index (χ0) is 21.7. The number of carbonyl (C=O) groups is 3. The van der Waals surface area contributed by atoms with Gasteiger partial charge in [0.1, 0.15) is 24.6 Å². The largest absolute Gasteiger partial charge is 0.489 e. The Bertz CT molecular complexity index is 829. The topological polar surface area (TPSA) is 88.1 Å². The number of hydrogen-bond donors (Lipinski definition) is 0. The molecule has 7 heteroatoms. The summed E-state index contributed by atoms with van der Waals surface area (Å²) in [6.45, 7) is 2.95. The number of ether oxygens (including phenoxy) is 4. The van der Waals surface area contributed by atoms with Gasteiger partial charge in [-0.05, 0) is 18.4 Å². The fourth-order valence-electron chi connectivity index (χ4n) is 4.39. The second-order valence-electron chi connectivity index (χ2n) is 7.64. The van der Waals surface area contributed by atoms with E-state index in [0.29, 0.717) is 19.3 Å². The summed E-state index contributed by atoms with van der Waals surface area (Å²) in [6, 6.07) is 6.07. The molecule has 0 aromatic heterocycles. The molecule has 3 rings (SSSR count). The minimum atomic E-state index is -0.341. The predicted molar refractivity (Wildman–Crippen MR) is 108 cm³/mol. The van der Waals surface area contributed by atoms with E-state index in [1.54, 1.807) is 6.08 Å². The highest BCUT2D eigenvalue weighted by atomic mass is 16.6. The molecule has 0 N–H and O–H groups in total. The van der Waals surface area contributed by atoms with Crippen LogP contribution in [-0.2, 0) is 35.0 Å². The van der Waals surface area contributed by atoms with Crippen molar-refractivity contribution in [1.82, 2.24) is 0 Å². The first-order valence-electron chi connectivity index (χ1n) is 10.2. The lowest BCUT2D eigenvalue weighted by molar-refractivity contribution is -0.147. The Balaban J connectivity index is 1.78. The van der Waals surface area contributed by atoms with Gasteiger partial charge in [0.2, 0.25) is 0 Å². The van der Waals surface area contributed by atoms with Gasteiger partial charge >= 0.3 is 17.9 Å². The Labute approximate surface area is 176 Å². The molecule has 0 saturated heterocycles. The first kappa shape index (κ1) is 21.9. The third-order valence-electron chi connectivity index (χ3n) is 5.58. The molecule has 7 nitrogen and oxygen atoms in total. The number of methoxy groups -OCH3 is 1. The van der Waals surface area contributed by atoms with E-state index < -0.39 is 0 Å². The molecule has 30 heavy (non-hydrogen) atoms. The zero-order valence-electron chi connectivity index (χ0n) is 17.6. The normalized spacial score (nSPS) is 24.1. The van der Waals surface area contributed by atoms with E-state index in [1.807, 2.05) is 24.3 Å². The summed E-state index contributed by atoms with van der Waals surface area (Å²) in [5, 5.41) is 0. The molecule has 1 aromatic carbocycles. The Morgan fingerprint density at radius 1 is 1.20 bits per heavy atom. The monoisotopic (exact) mass is 416 g/mol. The third kappa shape index (κ3) is 5.01. The van der Waals surface area contributed by atoms with Crippen LogP contribution in [-0.4, -0.2) is 43.8 Å². The number of hydrogen-bond acceptors (Lipinski definition) is 7. The van der Waals surface area contributed by atoms with Gasteiger partial charge in [0.15, 0.2) is 0 Å². The van der Waals surface area contributed by atoms with Crippen LogP contribution in [0.25, 0.3) is 0 Å². The van der Waals surface area contributed by atoms with Crippen molar-refractivity contribution >= 4 is 17.9 Å². The van der Waals surface area contributed by atoms with Crippen molar-refractivity contribution in [3.63, 3.8) is 0 Å². The quantitative estimate of drug-likeness (QED) is 0.365. The lowest BCUT2D eigenvalue weighted by Gasteiger charge is -2.21. The van der Waals surface area contributed by atoms with Crippen molar-refractivity contribution in [3.8, 4) is 5.75 Å². The van der Waals surface area contributed by atoms with Gasteiger partial charge < -0.3 is 18.9 Å². The van der Waals surface area contributed by atoms with Gasteiger partial charge in [-0.25, -0.2) is 0 Å². The highest BCUT2D eigenvalue weighted by molar-refractivity contribution is 5.69. The van der Waals surface area contributed by atoms with Crippen LogP contribution in [0.15, 0.2) is 30.4 Å². The zero-order valence-corrected chi connectivity index (χ0v) is 17.6. The van der Waals surface area contributed by atoms with E-state index in [2.05, 4.69) is 0 Å². The first-order chi connectivity index (χ1) is 14.4. The highest BCUT2D eigenvalue weighted by Gasteiger charge is 2.50. The average molecular weight is 416 g/mol. The van der Waals surface area contributed by atoms with Crippen molar-refractivity contribution in [3.05, 3.63) is 41.5 Å². The molecular formula is C23H28O7. The van der Waals surface area contributed by atoms with Gasteiger partial charge in [0, 0.05) is 44.1 Å². The Morgan fingerprint density at radius 2 is 2.00 bits per heavy atom. The lowest BCUT2D eigenvalue weighted by atomic mass is 9.86. The van der Waals surface area contributed by atoms with Crippen LogP contribution in [0.3, 0.4) is 0 Å². The number of esters is 3. The summed E-state index contributed by atoms with van der Waals surface area (Å²) in [7, 11) is 1.39. The van der Waals surface area contributed by atoms with Crippen LogP contribution in [0.4, 0.5) is 0 Å². The number of rotatable bonds is 8. The molecule has 0 unspecified atom stereocenters. The van der Waals surface area contributed by atoms with Crippen molar-refractivity contribution in [2.75, 3.05) is 13.7 Å². The SMILES string of the molecule is COC(=O)CCCc1cccc2c1O[C@H]1C[C@@H](OC(C)=O)[C@H](/C=C/COC(C)=O)[C@@H]21. The van der Waals surface area contributed by atoms with E-state index in [9.17, 15) is 14.4 Å². The Hall–Kier alpha value is -2.83. The van der Waals surface area contributed by atoms with Crippen LogP contribution in [0.2, 0.25) is 0 Å². The van der Waals surface area contributed by atoms with Crippen molar-refractivity contribution in [2.45, 2.75) is 57.7 Å². The minimum absolute atomic E-state index is 0.0542. The molecular weight excluding hydrogens is 388 g/mol. The van der Waals surface area contributed by atoms with Crippen molar-refractivity contribution < 1.29 is 33.3 Å². The van der Waals surface area contributed by atoms with Gasteiger partial charge in [-0.15, -0.1) is 0 Å². The van der Waals surface area contributed by atoms with Crippen LogP contribution >= 0.6 is 0 Å². The molecule has 0 spiro atoms. The van der Waals surface area contributed by atoms with Gasteiger partial charge in [-0.3, -0.25) is 14.4 Å². The predicted octanol–water partition coefficient (Wildman–Crippen LogP) is 3.10. The maximum atomic E-state index is 11.6. The summed E-state index contributed by atoms with van der Waals surface area (Å²) in [5.74, 6) is -0.0270. The van der Waals surface area contributed by atoms with Crippen LogP contribution in [0.5, 0.6) is 5.75 Å². The number of fused-ring (bicyclic) bond motifs is 3. The van der Waals surface area contributed by atoms with Crippen molar-refractivity contribution in [2.24, 2.45) is 5.92 Å². The van der Waals surface area contributed by atoms with E-state index >= 15 is 0 Å². The molecule has 2 aliphatic rings. The summed E-state index contributed by atoms with van der Waals surface area (Å²) in [5.41, 5.74) is 2.16. The molecule has 0 bridgehead atoms. The fourth-order valence-corrected chi connectivity index (χ4v) is 4.39. The number of para-hydroxylation sites is 1. The molecule has 0 amide bonds. The second kappa shape index (κ2) is 9.78. The third-order valence-corrected chi connectivity index (χ3v) is 5.58. The molecule has 1 saturated carbocycles. The summed E-state index contributed by atoms with van der Waals surface area (Å²) >= 11 is 0. The van der Waals surface area contributed by atoms with Gasteiger partial charge in [-0.1, -0.05) is 30.4 Å². The summed E-state index contributed by atoms with van der Waals surface area (Å²) in [6.07, 6.45) is 5.75. The number of aryl methyl sites for hydroxylation is 1. The van der Waals surface area contributed by atoms with E-state index in [-0.39, 0.29) is 48.6 Å². The standard InChI is InChI=1S/C23H28O7/c1-14(24)28-12-6-10-17-19(29-15(2)25)13-20-22(17)18-9-4-7-16(23(18)30-20)8-5-11-21(26)27-3/h4,6-7,9-10,17,19-20,22H,5,8,11-13H2,1-3H3/b10-6+/t17-,19+,20-,22-/m0/s1. The van der Waals surface area contributed by atoms with Crippen LogP contribution in [0, 0.1) is 5.92 Å². The maximum absolute atomic E-state index is 11.6.